The van der Waals surface area contributed by atoms with Gasteiger partial charge in [0, 0.05) is 0 Å². The predicted molar refractivity (Wildman–Crippen MR) is 61.9 cm³/mol. The number of allylic oxidation sites excluding steroid dienone is 2. The Hall–Kier alpha value is -0.201. The quantitative estimate of drug-likeness (QED) is 0.304. The smallest absolute Gasteiger partial charge is 0.226 e. The van der Waals surface area contributed by atoms with Crippen LogP contribution in [0.15, 0.2) is 42.5 Å². The zero-order valence-corrected chi connectivity index (χ0v) is 10.6. The van der Waals surface area contributed by atoms with Gasteiger partial charge in [-0.1, -0.05) is 6.42 Å². The van der Waals surface area contributed by atoms with E-state index >= 15 is 0 Å². The molecule has 14 heavy (non-hydrogen) atoms. The fourth-order valence-corrected chi connectivity index (χ4v) is 1.63. The molecule has 0 aliphatic heterocycles. The van der Waals surface area contributed by atoms with Crippen LogP contribution in [0.25, 0.3) is 0 Å². The van der Waals surface area contributed by atoms with Gasteiger partial charge in [-0.3, -0.25) is 0 Å². The second kappa shape index (κ2) is 8.14. The van der Waals surface area contributed by atoms with Crippen LogP contribution in [0.3, 0.4) is 0 Å². The Morgan fingerprint density at radius 1 is 1.43 bits per heavy atom. The predicted octanol–water partition coefficient (Wildman–Crippen LogP) is 2.14. The second-order valence-corrected chi connectivity index (χ2v) is 3.81. The van der Waals surface area contributed by atoms with Crippen molar-refractivity contribution >= 4 is 25.4 Å². The molecule has 1 aromatic rings. The molecule has 76 valence electrons. The Morgan fingerprint density at radius 3 is 2.29 bits per heavy atom. The molecule has 0 N–H and O–H groups in total. The first-order valence-electron chi connectivity index (χ1n) is 3.96. The zero-order chi connectivity index (χ0) is 9.52. The third kappa shape index (κ3) is 4.88. The van der Waals surface area contributed by atoms with E-state index in [1.165, 1.54) is 0 Å². The molecule has 0 bridgehead atoms. The minimum atomic E-state index is 0. The summed E-state index contributed by atoms with van der Waals surface area (Å²) in [4.78, 5) is 0.926. The molecule has 1 aliphatic carbocycles. The summed E-state index contributed by atoms with van der Waals surface area (Å²) in [7, 11) is 2.53. The van der Waals surface area contributed by atoms with E-state index in [1.54, 1.807) is 0 Å². The second-order valence-electron chi connectivity index (χ2n) is 2.53. The van der Waals surface area contributed by atoms with E-state index in [4.69, 9.17) is 0 Å². The SMILES string of the molecule is O=S=C1CC=C[C-]1P.[Fe+2].c1cc[cH-]c1. The molecule has 0 amide bonds. The van der Waals surface area contributed by atoms with Crippen molar-refractivity contribution in [1.29, 1.82) is 0 Å². The van der Waals surface area contributed by atoms with Crippen molar-refractivity contribution in [3.8, 4) is 0 Å². The molecule has 1 aliphatic rings. The average Bonchev–Trinajstić information content (AvgIpc) is 2.76. The van der Waals surface area contributed by atoms with E-state index in [2.05, 4.69) is 9.24 Å². The summed E-state index contributed by atoms with van der Waals surface area (Å²) in [6, 6.07) is 10.0. The minimum absolute atomic E-state index is 0. The first-order chi connectivity index (χ1) is 6.34. The summed E-state index contributed by atoms with van der Waals surface area (Å²) >= 11 is 0.587. The van der Waals surface area contributed by atoms with Gasteiger partial charge in [0.1, 0.15) is 0 Å². The number of hydrogen-bond acceptors (Lipinski definition) is 1. The van der Waals surface area contributed by atoms with Crippen LogP contribution in [-0.4, -0.2) is 9.07 Å². The molecule has 0 saturated heterocycles. The fourth-order valence-electron chi connectivity index (χ4n) is 0.907. The molecule has 0 heterocycles. The van der Waals surface area contributed by atoms with Gasteiger partial charge in [-0.25, -0.2) is 28.5 Å². The third-order valence-corrected chi connectivity index (χ3v) is 2.93. The minimum Gasteiger partial charge on any atom is -0.226 e. The summed E-state index contributed by atoms with van der Waals surface area (Å²) in [6.07, 6.45) is 4.76. The summed E-state index contributed by atoms with van der Waals surface area (Å²) < 4.78 is 10.1. The maximum absolute atomic E-state index is 10.1. The molecular weight excluding hydrogens is 255 g/mol. The van der Waals surface area contributed by atoms with E-state index in [-0.39, 0.29) is 17.1 Å². The molecule has 0 fully saturated rings. The van der Waals surface area contributed by atoms with Crippen molar-refractivity contribution in [2.75, 3.05) is 0 Å². The first-order valence-corrected chi connectivity index (χ1v) is 5.28. The molecular formula is C10H11FeOPS. The van der Waals surface area contributed by atoms with Crippen LogP contribution in [0, 0.1) is 5.66 Å². The van der Waals surface area contributed by atoms with Gasteiger partial charge in [-0.05, 0) is 4.86 Å². The van der Waals surface area contributed by atoms with Gasteiger partial charge in [0.15, 0.2) is 0 Å². The van der Waals surface area contributed by atoms with Gasteiger partial charge in [0.2, 0.25) is 0 Å². The Balaban J connectivity index is 0.000000246. The topological polar surface area (TPSA) is 17.1 Å². The molecule has 4 heteroatoms. The zero-order valence-electron chi connectivity index (χ0n) is 7.50. The maximum Gasteiger partial charge on any atom is 2.00 e. The van der Waals surface area contributed by atoms with Crippen LogP contribution in [-0.2, 0) is 28.3 Å². The third-order valence-electron chi connectivity index (χ3n) is 1.58. The summed E-state index contributed by atoms with van der Waals surface area (Å²) in [5.74, 6) is 0. The standard InChI is InChI=1S/C5H6OPS.C5H5.Fe/c6-8-5-3-1-2-4(5)7;1-2-4-5-3-1;/h1-2H,3,7H2;1-5H;/q2*-1;+2. The van der Waals surface area contributed by atoms with Crippen LogP contribution in [0.2, 0.25) is 0 Å². The van der Waals surface area contributed by atoms with Crippen LogP contribution < -0.4 is 0 Å². The number of rotatable bonds is 0. The van der Waals surface area contributed by atoms with Crippen LogP contribution in [0.4, 0.5) is 0 Å². The van der Waals surface area contributed by atoms with Gasteiger partial charge in [0.25, 0.3) is 0 Å². The summed E-state index contributed by atoms with van der Waals surface area (Å²) in [5, 5.41) is 0. The first kappa shape index (κ1) is 13.8. The van der Waals surface area contributed by atoms with Crippen molar-refractivity contribution in [3.63, 3.8) is 0 Å². The van der Waals surface area contributed by atoms with Crippen molar-refractivity contribution < 1.29 is 21.3 Å². The molecule has 0 spiro atoms. The monoisotopic (exact) mass is 266 g/mol. The Kier molecular flexibility index (Phi) is 8.02. The summed E-state index contributed by atoms with van der Waals surface area (Å²) in [6.45, 7) is 0. The largest absolute Gasteiger partial charge is 2.00 e. The van der Waals surface area contributed by atoms with E-state index < -0.39 is 0 Å². The molecule has 1 aromatic carbocycles. The van der Waals surface area contributed by atoms with Crippen LogP contribution in [0.1, 0.15) is 6.42 Å². The van der Waals surface area contributed by atoms with Crippen molar-refractivity contribution in [2.45, 2.75) is 6.42 Å². The van der Waals surface area contributed by atoms with Crippen LogP contribution >= 0.6 is 9.24 Å². The van der Waals surface area contributed by atoms with E-state index in [9.17, 15) is 4.21 Å². The molecule has 0 saturated carbocycles. The normalized spacial score (nSPS) is 12.9. The molecule has 0 radical (unpaired) electrons. The molecule has 0 aromatic heterocycles. The number of hydrogen-bond donors (Lipinski definition) is 0. The van der Waals surface area contributed by atoms with E-state index in [0.717, 1.165) is 16.9 Å². The molecule has 2 rings (SSSR count). The van der Waals surface area contributed by atoms with Crippen molar-refractivity contribution in [2.24, 2.45) is 0 Å². The van der Waals surface area contributed by atoms with Gasteiger partial charge in [-0.2, -0.15) is 33.1 Å². The van der Waals surface area contributed by atoms with Gasteiger partial charge < -0.3 is 0 Å². The van der Waals surface area contributed by atoms with Gasteiger partial charge in [-0.15, -0.1) is 0 Å². The Labute approximate surface area is 101 Å². The fraction of sp³-hybridized carbons (Fsp3) is 0.100. The van der Waals surface area contributed by atoms with E-state index in [0.29, 0.717) is 11.3 Å². The Bertz CT molecular complexity index is 298. The van der Waals surface area contributed by atoms with E-state index in [1.807, 2.05) is 42.5 Å². The molecule has 1 nitrogen and oxygen atoms in total. The van der Waals surface area contributed by atoms with Crippen LogP contribution in [0.5, 0.6) is 0 Å². The maximum atomic E-state index is 10.1. The average molecular weight is 266 g/mol. The van der Waals surface area contributed by atoms with Gasteiger partial charge >= 0.3 is 17.1 Å². The molecule has 1 unspecified atom stereocenters. The van der Waals surface area contributed by atoms with Crippen molar-refractivity contribution in [1.82, 2.24) is 0 Å². The Morgan fingerprint density at radius 2 is 2.07 bits per heavy atom. The van der Waals surface area contributed by atoms with Crippen molar-refractivity contribution in [3.05, 3.63) is 48.1 Å². The summed E-state index contributed by atoms with van der Waals surface area (Å²) in [5.41, 5.74) is 1.05. The molecule has 1 atom stereocenters. The van der Waals surface area contributed by atoms with Gasteiger partial charge in [0.05, 0.1) is 11.3 Å².